The van der Waals surface area contributed by atoms with Crippen molar-refractivity contribution in [2.75, 3.05) is 26.3 Å². The Morgan fingerprint density at radius 1 is 1.20 bits per heavy atom. The average Bonchev–Trinajstić information content (AvgIpc) is 2.68. The maximum absolute atomic E-state index is 6.14. The molecular formula is C20H25N3O2. The average molecular weight is 339 g/mol. The molecule has 0 bridgehead atoms. The van der Waals surface area contributed by atoms with Gasteiger partial charge < -0.3 is 9.47 Å². The van der Waals surface area contributed by atoms with Gasteiger partial charge in [0.05, 0.1) is 18.9 Å². The van der Waals surface area contributed by atoms with Gasteiger partial charge in [-0.1, -0.05) is 6.07 Å². The highest BCUT2D eigenvalue weighted by molar-refractivity contribution is 5.16. The molecule has 2 aromatic rings. The molecule has 2 aliphatic rings. The number of piperidine rings is 1. The van der Waals surface area contributed by atoms with E-state index in [1.807, 2.05) is 30.6 Å². The van der Waals surface area contributed by atoms with Crippen molar-refractivity contribution in [2.24, 2.45) is 5.41 Å². The van der Waals surface area contributed by atoms with E-state index >= 15 is 0 Å². The fraction of sp³-hybridized carbons (Fsp3) is 0.500. The van der Waals surface area contributed by atoms with Gasteiger partial charge in [-0.15, -0.1) is 0 Å². The Hall–Kier alpha value is -1.98. The number of nitrogens with zero attached hydrogens (tertiary/aromatic N) is 3. The van der Waals surface area contributed by atoms with Crippen molar-refractivity contribution in [3.63, 3.8) is 0 Å². The molecule has 0 radical (unpaired) electrons. The summed E-state index contributed by atoms with van der Waals surface area (Å²) < 4.78 is 12.3. The van der Waals surface area contributed by atoms with Crippen LogP contribution in [-0.4, -0.2) is 47.3 Å². The van der Waals surface area contributed by atoms with Crippen molar-refractivity contribution >= 4 is 0 Å². The molecule has 5 nitrogen and oxygen atoms in total. The van der Waals surface area contributed by atoms with Crippen LogP contribution in [0.5, 0.6) is 5.75 Å². The molecule has 2 atom stereocenters. The normalized spacial score (nSPS) is 26.8. The summed E-state index contributed by atoms with van der Waals surface area (Å²) in [6.45, 7) is 4.57. The molecular weight excluding hydrogens is 314 g/mol. The molecule has 0 amide bonds. The van der Waals surface area contributed by atoms with E-state index in [9.17, 15) is 0 Å². The summed E-state index contributed by atoms with van der Waals surface area (Å²) in [5.41, 5.74) is 1.33. The SMILES string of the molecule is c1cncc(CN2CC[C@H]3OCCC[C@]3(COc3cccnc3)C2)c1. The van der Waals surface area contributed by atoms with Gasteiger partial charge in [0.2, 0.25) is 0 Å². The van der Waals surface area contributed by atoms with Crippen molar-refractivity contribution in [3.8, 4) is 5.75 Å². The number of likely N-dealkylation sites (tertiary alicyclic amines) is 1. The summed E-state index contributed by atoms with van der Waals surface area (Å²) in [6, 6.07) is 8.04. The van der Waals surface area contributed by atoms with Crippen LogP contribution in [-0.2, 0) is 11.3 Å². The summed E-state index contributed by atoms with van der Waals surface area (Å²) in [4.78, 5) is 10.9. The maximum Gasteiger partial charge on any atom is 0.137 e. The van der Waals surface area contributed by atoms with Crippen molar-refractivity contribution < 1.29 is 9.47 Å². The van der Waals surface area contributed by atoms with Crippen LogP contribution in [0.15, 0.2) is 49.1 Å². The number of hydrogen-bond donors (Lipinski definition) is 0. The second kappa shape index (κ2) is 7.50. The summed E-state index contributed by atoms with van der Waals surface area (Å²) in [6.07, 6.45) is 11.0. The van der Waals surface area contributed by atoms with Gasteiger partial charge in [0, 0.05) is 50.2 Å². The Balaban J connectivity index is 1.47. The molecule has 2 saturated heterocycles. The minimum absolute atomic E-state index is 0.0640. The summed E-state index contributed by atoms with van der Waals surface area (Å²) in [5, 5.41) is 0. The zero-order valence-corrected chi connectivity index (χ0v) is 14.5. The molecule has 2 aromatic heterocycles. The Morgan fingerprint density at radius 3 is 2.88 bits per heavy atom. The summed E-state index contributed by atoms with van der Waals surface area (Å²) >= 11 is 0. The monoisotopic (exact) mass is 339 g/mol. The van der Waals surface area contributed by atoms with Crippen molar-refractivity contribution in [1.29, 1.82) is 0 Å². The Morgan fingerprint density at radius 2 is 2.08 bits per heavy atom. The molecule has 0 aromatic carbocycles. The minimum atomic E-state index is 0.0640. The Kier molecular flexibility index (Phi) is 4.95. The first-order chi connectivity index (χ1) is 12.3. The van der Waals surface area contributed by atoms with Crippen LogP contribution in [0.25, 0.3) is 0 Å². The summed E-state index contributed by atoms with van der Waals surface area (Å²) in [5.74, 6) is 0.839. The molecule has 25 heavy (non-hydrogen) atoms. The molecule has 0 aliphatic carbocycles. The van der Waals surface area contributed by atoms with Crippen LogP contribution in [0.3, 0.4) is 0 Å². The Labute approximate surface area is 149 Å². The number of ether oxygens (including phenoxy) is 2. The van der Waals surface area contributed by atoms with Crippen LogP contribution >= 0.6 is 0 Å². The maximum atomic E-state index is 6.14. The van der Waals surface area contributed by atoms with E-state index in [2.05, 4.69) is 20.9 Å². The van der Waals surface area contributed by atoms with Gasteiger partial charge in [0.1, 0.15) is 5.75 Å². The first-order valence-electron chi connectivity index (χ1n) is 9.10. The van der Waals surface area contributed by atoms with E-state index in [-0.39, 0.29) is 5.41 Å². The highest BCUT2D eigenvalue weighted by Gasteiger charge is 2.46. The smallest absolute Gasteiger partial charge is 0.137 e. The number of hydrogen-bond acceptors (Lipinski definition) is 5. The molecule has 0 N–H and O–H groups in total. The van der Waals surface area contributed by atoms with Crippen LogP contribution in [0.2, 0.25) is 0 Å². The fourth-order valence-corrected chi connectivity index (χ4v) is 4.14. The quantitative estimate of drug-likeness (QED) is 0.838. The molecule has 2 aliphatic heterocycles. The molecule has 2 fully saturated rings. The third-order valence-electron chi connectivity index (χ3n) is 5.36. The fourth-order valence-electron chi connectivity index (χ4n) is 4.14. The van der Waals surface area contributed by atoms with E-state index in [0.717, 1.165) is 51.3 Å². The van der Waals surface area contributed by atoms with Gasteiger partial charge in [-0.25, -0.2) is 0 Å². The van der Waals surface area contributed by atoms with Gasteiger partial charge >= 0.3 is 0 Å². The van der Waals surface area contributed by atoms with Gasteiger partial charge in [0.25, 0.3) is 0 Å². The van der Waals surface area contributed by atoms with E-state index in [1.165, 1.54) is 5.56 Å². The molecule has 0 unspecified atom stereocenters. The first-order valence-corrected chi connectivity index (χ1v) is 9.10. The lowest BCUT2D eigenvalue weighted by atomic mass is 9.73. The van der Waals surface area contributed by atoms with E-state index in [0.29, 0.717) is 12.7 Å². The Bertz CT molecular complexity index is 667. The molecule has 5 heteroatoms. The van der Waals surface area contributed by atoms with Crippen molar-refractivity contribution in [2.45, 2.75) is 31.9 Å². The molecule has 4 heterocycles. The van der Waals surface area contributed by atoms with Gasteiger partial charge in [-0.2, -0.15) is 0 Å². The van der Waals surface area contributed by atoms with Crippen molar-refractivity contribution in [3.05, 3.63) is 54.6 Å². The van der Waals surface area contributed by atoms with E-state index in [4.69, 9.17) is 9.47 Å². The van der Waals surface area contributed by atoms with Gasteiger partial charge in [-0.3, -0.25) is 14.9 Å². The topological polar surface area (TPSA) is 47.5 Å². The zero-order valence-electron chi connectivity index (χ0n) is 14.5. The third kappa shape index (κ3) is 3.83. The first kappa shape index (κ1) is 16.5. The summed E-state index contributed by atoms with van der Waals surface area (Å²) in [7, 11) is 0. The predicted octanol–water partition coefficient (Wildman–Crippen LogP) is 2.93. The lowest BCUT2D eigenvalue weighted by Crippen LogP contribution is -2.57. The van der Waals surface area contributed by atoms with Gasteiger partial charge in [-0.05, 0) is 43.0 Å². The standard InChI is InChI=1S/C20H25N3O2/c1-4-17(12-21-8-1)14-23-10-6-19-20(15-23,7-3-11-24-19)16-25-18-5-2-9-22-13-18/h1-2,4-5,8-9,12-13,19H,3,6-7,10-11,14-16H2/t19-,20-/m1/s1. The lowest BCUT2D eigenvalue weighted by molar-refractivity contribution is -0.140. The predicted molar refractivity (Wildman–Crippen MR) is 95.3 cm³/mol. The van der Waals surface area contributed by atoms with Crippen LogP contribution in [0, 0.1) is 5.41 Å². The molecule has 0 spiro atoms. The molecule has 132 valence electrons. The lowest BCUT2D eigenvalue weighted by Gasteiger charge is -2.50. The third-order valence-corrected chi connectivity index (χ3v) is 5.36. The largest absolute Gasteiger partial charge is 0.491 e. The highest BCUT2D eigenvalue weighted by atomic mass is 16.5. The number of rotatable bonds is 5. The van der Waals surface area contributed by atoms with E-state index < -0.39 is 0 Å². The molecule has 0 saturated carbocycles. The zero-order chi connectivity index (χ0) is 17.0. The second-order valence-electron chi connectivity index (χ2n) is 7.16. The second-order valence-corrected chi connectivity index (χ2v) is 7.16. The minimum Gasteiger partial charge on any atom is -0.491 e. The number of aromatic nitrogens is 2. The van der Waals surface area contributed by atoms with Crippen LogP contribution < -0.4 is 4.74 Å². The van der Waals surface area contributed by atoms with Crippen molar-refractivity contribution in [1.82, 2.24) is 14.9 Å². The number of fused-ring (bicyclic) bond motifs is 1. The molecule has 4 rings (SSSR count). The highest BCUT2D eigenvalue weighted by Crippen LogP contribution is 2.41. The van der Waals surface area contributed by atoms with E-state index in [1.54, 1.807) is 12.4 Å². The van der Waals surface area contributed by atoms with Crippen LogP contribution in [0.4, 0.5) is 0 Å². The number of pyridine rings is 2. The van der Waals surface area contributed by atoms with Crippen LogP contribution in [0.1, 0.15) is 24.8 Å². The van der Waals surface area contributed by atoms with Gasteiger partial charge in [0.15, 0.2) is 0 Å².